The van der Waals surface area contributed by atoms with Crippen LogP contribution >= 0.6 is 0 Å². The fraction of sp³-hybridized carbons (Fsp3) is 1.00. The zero-order chi connectivity index (χ0) is 13.0. The van der Waals surface area contributed by atoms with Crippen LogP contribution in [0, 0.1) is 11.8 Å². The van der Waals surface area contributed by atoms with Gasteiger partial charge in [0.2, 0.25) is 0 Å². The molecule has 2 aliphatic rings. The van der Waals surface area contributed by atoms with E-state index >= 15 is 0 Å². The maximum absolute atomic E-state index is 9.23. The minimum absolute atomic E-state index is 0.0505. The SMILES string of the molecule is CC1CC(B(O)O)CCC1OCC1CCCCC1. The van der Waals surface area contributed by atoms with Crippen LogP contribution in [0.1, 0.15) is 58.3 Å². The van der Waals surface area contributed by atoms with Crippen molar-refractivity contribution < 1.29 is 14.8 Å². The lowest BCUT2D eigenvalue weighted by atomic mass is 9.62. The first-order valence-corrected chi connectivity index (χ1v) is 7.64. The molecule has 2 N–H and O–H groups in total. The van der Waals surface area contributed by atoms with Crippen LogP contribution in [0.4, 0.5) is 0 Å². The van der Waals surface area contributed by atoms with Crippen molar-refractivity contribution in [1.82, 2.24) is 0 Å². The number of hydrogen-bond donors (Lipinski definition) is 2. The van der Waals surface area contributed by atoms with Crippen molar-refractivity contribution in [1.29, 1.82) is 0 Å². The molecule has 0 aromatic carbocycles. The van der Waals surface area contributed by atoms with Crippen molar-refractivity contribution in [2.24, 2.45) is 11.8 Å². The summed E-state index contributed by atoms with van der Waals surface area (Å²) in [6.45, 7) is 3.10. The molecule has 4 heteroatoms. The summed E-state index contributed by atoms with van der Waals surface area (Å²) in [7, 11) is -1.15. The molecule has 18 heavy (non-hydrogen) atoms. The van der Waals surface area contributed by atoms with E-state index < -0.39 is 7.12 Å². The van der Waals surface area contributed by atoms with Crippen LogP contribution in [-0.2, 0) is 4.74 Å². The first-order chi connectivity index (χ1) is 8.66. The van der Waals surface area contributed by atoms with Gasteiger partial charge in [-0.3, -0.25) is 0 Å². The highest BCUT2D eigenvalue weighted by Gasteiger charge is 2.34. The Hall–Kier alpha value is -0.0551. The molecule has 3 atom stereocenters. The molecular weight excluding hydrogens is 227 g/mol. The van der Waals surface area contributed by atoms with Crippen molar-refractivity contribution in [3.05, 3.63) is 0 Å². The molecule has 3 nitrogen and oxygen atoms in total. The Labute approximate surface area is 111 Å². The summed E-state index contributed by atoms with van der Waals surface area (Å²) >= 11 is 0. The average molecular weight is 254 g/mol. The molecule has 0 radical (unpaired) electrons. The Bertz CT molecular complexity index is 241. The third-order valence-corrected chi connectivity index (χ3v) is 4.82. The molecule has 0 aromatic heterocycles. The molecule has 2 fully saturated rings. The fourth-order valence-electron chi connectivity index (χ4n) is 3.54. The summed E-state index contributed by atoms with van der Waals surface area (Å²) in [6, 6.07) is 0. The number of rotatable bonds is 4. The average Bonchev–Trinajstić information content (AvgIpc) is 2.38. The van der Waals surface area contributed by atoms with Crippen molar-refractivity contribution in [3.63, 3.8) is 0 Å². The lowest BCUT2D eigenvalue weighted by molar-refractivity contribution is -0.0281. The van der Waals surface area contributed by atoms with E-state index in [4.69, 9.17) is 4.74 Å². The van der Waals surface area contributed by atoms with Crippen molar-refractivity contribution in [3.8, 4) is 0 Å². The fourth-order valence-corrected chi connectivity index (χ4v) is 3.54. The highest BCUT2D eigenvalue weighted by atomic mass is 16.5. The maximum atomic E-state index is 9.23. The predicted octanol–water partition coefficient (Wildman–Crippen LogP) is 2.61. The van der Waals surface area contributed by atoms with Crippen LogP contribution in [0.15, 0.2) is 0 Å². The van der Waals surface area contributed by atoms with E-state index in [1.165, 1.54) is 32.1 Å². The largest absolute Gasteiger partial charge is 0.454 e. The highest BCUT2D eigenvalue weighted by molar-refractivity contribution is 6.43. The summed E-state index contributed by atoms with van der Waals surface area (Å²) in [6.07, 6.45) is 9.88. The maximum Gasteiger partial charge on any atom is 0.454 e. The molecule has 0 amide bonds. The van der Waals surface area contributed by atoms with E-state index in [-0.39, 0.29) is 5.82 Å². The standard InChI is InChI=1S/C14H27BO3/c1-11-9-13(15(16)17)7-8-14(11)18-10-12-5-3-2-4-6-12/h11-14,16-17H,2-10H2,1H3. The van der Waals surface area contributed by atoms with Gasteiger partial charge in [0.1, 0.15) is 0 Å². The van der Waals surface area contributed by atoms with Gasteiger partial charge in [0.25, 0.3) is 0 Å². The lowest BCUT2D eigenvalue weighted by Gasteiger charge is -2.35. The van der Waals surface area contributed by atoms with E-state index in [2.05, 4.69) is 6.92 Å². The Balaban J connectivity index is 1.70. The Morgan fingerprint density at radius 2 is 1.78 bits per heavy atom. The molecule has 0 saturated heterocycles. The van der Waals surface area contributed by atoms with E-state index in [9.17, 15) is 10.0 Å². The summed E-state index contributed by atoms with van der Waals surface area (Å²) in [5.74, 6) is 1.27. The monoisotopic (exact) mass is 254 g/mol. The zero-order valence-corrected chi connectivity index (χ0v) is 11.6. The molecule has 3 unspecified atom stereocenters. The van der Waals surface area contributed by atoms with Gasteiger partial charge in [-0.2, -0.15) is 0 Å². The third kappa shape index (κ3) is 3.97. The van der Waals surface area contributed by atoms with Gasteiger partial charge in [0.15, 0.2) is 0 Å². The first-order valence-electron chi connectivity index (χ1n) is 7.64. The quantitative estimate of drug-likeness (QED) is 0.758. The van der Waals surface area contributed by atoms with Crippen LogP contribution in [0.3, 0.4) is 0 Å². The molecule has 2 saturated carbocycles. The molecule has 0 spiro atoms. The molecule has 0 aromatic rings. The van der Waals surface area contributed by atoms with Gasteiger partial charge in [0.05, 0.1) is 6.10 Å². The number of hydrogen-bond acceptors (Lipinski definition) is 3. The van der Waals surface area contributed by atoms with Crippen LogP contribution in [0.2, 0.25) is 5.82 Å². The van der Waals surface area contributed by atoms with Crippen molar-refractivity contribution >= 4 is 7.12 Å². The summed E-state index contributed by atoms with van der Waals surface area (Å²) in [5, 5.41) is 18.5. The minimum atomic E-state index is -1.15. The van der Waals surface area contributed by atoms with E-state index in [1.807, 2.05) is 0 Å². The van der Waals surface area contributed by atoms with Gasteiger partial charge in [-0.05, 0) is 49.8 Å². The molecular formula is C14H27BO3. The second kappa shape index (κ2) is 6.92. The second-order valence-corrected chi connectivity index (χ2v) is 6.34. The van der Waals surface area contributed by atoms with Gasteiger partial charge in [-0.15, -0.1) is 0 Å². The molecule has 2 rings (SSSR count). The third-order valence-electron chi connectivity index (χ3n) is 4.82. The van der Waals surface area contributed by atoms with E-state index in [1.54, 1.807) is 0 Å². The Kier molecular flexibility index (Phi) is 5.52. The lowest BCUT2D eigenvalue weighted by Crippen LogP contribution is -2.34. The van der Waals surface area contributed by atoms with Crippen molar-refractivity contribution in [2.45, 2.75) is 70.2 Å². The van der Waals surface area contributed by atoms with E-state index in [0.717, 1.165) is 31.8 Å². The molecule has 0 heterocycles. The van der Waals surface area contributed by atoms with Crippen LogP contribution < -0.4 is 0 Å². The van der Waals surface area contributed by atoms with Gasteiger partial charge in [-0.1, -0.05) is 26.2 Å². The second-order valence-electron chi connectivity index (χ2n) is 6.34. The van der Waals surface area contributed by atoms with Gasteiger partial charge in [-0.25, -0.2) is 0 Å². The summed E-state index contributed by atoms with van der Waals surface area (Å²) in [5.41, 5.74) is 0. The smallest absolute Gasteiger partial charge is 0.427 e. The topological polar surface area (TPSA) is 49.7 Å². The molecule has 0 aliphatic heterocycles. The first kappa shape index (κ1) is 14.4. The molecule has 2 aliphatic carbocycles. The Morgan fingerprint density at radius 3 is 2.39 bits per heavy atom. The van der Waals surface area contributed by atoms with Gasteiger partial charge < -0.3 is 14.8 Å². The molecule has 0 bridgehead atoms. The zero-order valence-electron chi connectivity index (χ0n) is 11.6. The Morgan fingerprint density at radius 1 is 1.06 bits per heavy atom. The van der Waals surface area contributed by atoms with Crippen LogP contribution in [0.25, 0.3) is 0 Å². The van der Waals surface area contributed by atoms with Gasteiger partial charge in [0, 0.05) is 6.61 Å². The normalized spacial score (nSPS) is 34.5. The van der Waals surface area contributed by atoms with E-state index in [0.29, 0.717) is 12.0 Å². The number of ether oxygens (including phenoxy) is 1. The predicted molar refractivity (Wildman–Crippen MR) is 73.3 cm³/mol. The minimum Gasteiger partial charge on any atom is -0.427 e. The van der Waals surface area contributed by atoms with Crippen LogP contribution in [-0.4, -0.2) is 29.9 Å². The van der Waals surface area contributed by atoms with Crippen molar-refractivity contribution in [2.75, 3.05) is 6.61 Å². The summed E-state index contributed by atoms with van der Waals surface area (Å²) < 4.78 is 6.10. The summed E-state index contributed by atoms with van der Waals surface area (Å²) in [4.78, 5) is 0. The molecule has 104 valence electrons. The highest BCUT2D eigenvalue weighted by Crippen LogP contribution is 2.36. The van der Waals surface area contributed by atoms with Gasteiger partial charge >= 0.3 is 7.12 Å². The van der Waals surface area contributed by atoms with Crippen LogP contribution in [0.5, 0.6) is 0 Å².